The predicted octanol–water partition coefficient (Wildman–Crippen LogP) is 3.70. The summed E-state index contributed by atoms with van der Waals surface area (Å²) in [7, 11) is 0. The number of aliphatic hydroxyl groups is 1. The zero-order valence-electron chi connectivity index (χ0n) is 14.3. The lowest BCUT2D eigenvalue weighted by Crippen LogP contribution is -2.43. The summed E-state index contributed by atoms with van der Waals surface area (Å²) in [6, 6.07) is 17.0. The lowest BCUT2D eigenvalue weighted by Gasteiger charge is -2.40. The van der Waals surface area contributed by atoms with Gasteiger partial charge in [0.05, 0.1) is 6.10 Å². The molecular weight excluding hydrogens is 296 g/mol. The maximum absolute atomic E-state index is 10.2. The number of nitrogens with one attached hydrogen (secondary N) is 1. The van der Waals surface area contributed by atoms with Gasteiger partial charge < -0.3 is 10.4 Å². The highest BCUT2D eigenvalue weighted by Crippen LogP contribution is 2.47. The fraction of sp³-hybridized carbons (Fsp3) is 0.429. The minimum absolute atomic E-state index is 0.191. The van der Waals surface area contributed by atoms with E-state index in [1.165, 1.54) is 16.8 Å². The Morgan fingerprint density at radius 3 is 2.54 bits per heavy atom. The molecular formula is C21H26N2O. The Hall–Kier alpha value is -1.84. The van der Waals surface area contributed by atoms with Crippen LogP contribution in [0.15, 0.2) is 48.5 Å². The molecule has 0 saturated carbocycles. The summed E-state index contributed by atoms with van der Waals surface area (Å²) in [6.45, 7) is 6.15. The number of anilines is 1. The van der Waals surface area contributed by atoms with Gasteiger partial charge >= 0.3 is 0 Å². The number of nitrogens with zero attached hydrogens (tertiary/aromatic N) is 1. The molecule has 1 spiro atoms. The van der Waals surface area contributed by atoms with Crippen LogP contribution in [0.1, 0.15) is 42.6 Å². The summed E-state index contributed by atoms with van der Waals surface area (Å²) in [4.78, 5) is 2.56. The van der Waals surface area contributed by atoms with Crippen LogP contribution in [0.2, 0.25) is 0 Å². The zero-order chi connectivity index (χ0) is 16.6. The monoisotopic (exact) mass is 322 g/mol. The first-order valence-corrected chi connectivity index (χ1v) is 9.00. The molecule has 1 unspecified atom stereocenters. The molecule has 0 amide bonds. The molecule has 2 aliphatic heterocycles. The largest absolute Gasteiger partial charge is 0.389 e. The van der Waals surface area contributed by atoms with Crippen molar-refractivity contribution in [2.24, 2.45) is 0 Å². The molecule has 3 heteroatoms. The Labute approximate surface area is 144 Å². The third-order valence-electron chi connectivity index (χ3n) is 5.76. The number of benzene rings is 2. The van der Waals surface area contributed by atoms with Crippen LogP contribution in [0.3, 0.4) is 0 Å². The number of rotatable bonds is 3. The van der Waals surface area contributed by atoms with E-state index in [9.17, 15) is 5.11 Å². The van der Waals surface area contributed by atoms with Crippen LogP contribution in [-0.2, 0) is 12.0 Å². The van der Waals surface area contributed by atoms with E-state index < -0.39 is 6.10 Å². The van der Waals surface area contributed by atoms with Crippen molar-refractivity contribution in [2.45, 2.75) is 37.8 Å². The highest BCUT2D eigenvalue weighted by molar-refractivity contribution is 5.64. The van der Waals surface area contributed by atoms with Crippen LogP contribution in [0.25, 0.3) is 0 Å². The molecule has 0 aromatic heterocycles. The molecule has 24 heavy (non-hydrogen) atoms. The first-order chi connectivity index (χ1) is 11.7. The van der Waals surface area contributed by atoms with Crippen molar-refractivity contribution in [3.05, 3.63) is 65.2 Å². The van der Waals surface area contributed by atoms with Crippen molar-refractivity contribution in [3.8, 4) is 0 Å². The molecule has 3 nitrogen and oxygen atoms in total. The summed E-state index contributed by atoms with van der Waals surface area (Å²) < 4.78 is 0. The van der Waals surface area contributed by atoms with Gasteiger partial charge in [0.1, 0.15) is 0 Å². The van der Waals surface area contributed by atoms with Gasteiger partial charge in [0, 0.05) is 24.2 Å². The highest BCUT2D eigenvalue weighted by atomic mass is 16.3. The van der Waals surface area contributed by atoms with E-state index in [0.29, 0.717) is 0 Å². The third kappa shape index (κ3) is 2.72. The number of hydrogen-bond acceptors (Lipinski definition) is 3. The number of aliphatic hydroxyl groups excluding tert-OH is 1. The van der Waals surface area contributed by atoms with Gasteiger partial charge in [-0.15, -0.1) is 0 Å². The van der Waals surface area contributed by atoms with Gasteiger partial charge in [-0.25, -0.2) is 0 Å². The van der Waals surface area contributed by atoms with Crippen LogP contribution in [0, 0.1) is 0 Å². The number of piperidine rings is 1. The molecule has 0 bridgehead atoms. The summed E-state index contributed by atoms with van der Waals surface area (Å²) in [6.07, 6.45) is 1.91. The summed E-state index contributed by atoms with van der Waals surface area (Å²) in [5, 5.41) is 13.8. The van der Waals surface area contributed by atoms with Gasteiger partial charge in [0.15, 0.2) is 0 Å². The summed E-state index contributed by atoms with van der Waals surface area (Å²) >= 11 is 0. The van der Waals surface area contributed by atoms with Crippen LogP contribution >= 0.6 is 0 Å². The Kier molecular flexibility index (Phi) is 4.07. The number of fused-ring (bicyclic) bond motifs is 2. The maximum atomic E-state index is 10.2. The Bertz CT molecular complexity index is 703. The van der Waals surface area contributed by atoms with E-state index in [1.54, 1.807) is 0 Å². The van der Waals surface area contributed by atoms with E-state index in [4.69, 9.17) is 0 Å². The lowest BCUT2D eigenvalue weighted by molar-refractivity contribution is 0.156. The molecule has 126 valence electrons. The van der Waals surface area contributed by atoms with Gasteiger partial charge in [0.2, 0.25) is 0 Å². The van der Waals surface area contributed by atoms with Crippen LogP contribution in [0.4, 0.5) is 5.69 Å². The molecule has 0 aliphatic carbocycles. The van der Waals surface area contributed by atoms with Gasteiger partial charge in [0.25, 0.3) is 0 Å². The van der Waals surface area contributed by atoms with Gasteiger partial charge in [-0.3, -0.25) is 4.90 Å². The Morgan fingerprint density at radius 1 is 1.08 bits per heavy atom. The average molecular weight is 322 g/mol. The third-order valence-corrected chi connectivity index (χ3v) is 5.76. The second kappa shape index (κ2) is 6.23. The fourth-order valence-corrected chi connectivity index (χ4v) is 4.42. The topological polar surface area (TPSA) is 35.5 Å². The quantitative estimate of drug-likeness (QED) is 0.904. The van der Waals surface area contributed by atoms with E-state index in [1.807, 2.05) is 6.92 Å². The van der Waals surface area contributed by atoms with Crippen molar-refractivity contribution in [3.63, 3.8) is 0 Å². The number of likely N-dealkylation sites (tertiary alicyclic amines) is 1. The first-order valence-electron chi connectivity index (χ1n) is 9.00. The Morgan fingerprint density at radius 2 is 1.83 bits per heavy atom. The molecule has 1 atom stereocenters. The van der Waals surface area contributed by atoms with Crippen LogP contribution < -0.4 is 5.32 Å². The second-order valence-electron chi connectivity index (χ2n) is 7.34. The van der Waals surface area contributed by atoms with Gasteiger partial charge in [-0.05, 0) is 55.6 Å². The van der Waals surface area contributed by atoms with Crippen molar-refractivity contribution >= 4 is 5.69 Å². The molecule has 2 aliphatic rings. The van der Waals surface area contributed by atoms with Gasteiger partial charge in [-0.2, -0.15) is 0 Å². The highest BCUT2D eigenvalue weighted by Gasteiger charge is 2.43. The average Bonchev–Trinajstić information content (AvgIpc) is 2.97. The first kappa shape index (κ1) is 15.7. The van der Waals surface area contributed by atoms with Crippen molar-refractivity contribution in [1.82, 2.24) is 4.90 Å². The van der Waals surface area contributed by atoms with E-state index >= 15 is 0 Å². The zero-order valence-corrected chi connectivity index (χ0v) is 14.3. The van der Waals surface area contributed by atoms with Crippen LogP contribution in [-0.4, -0.2) is 29.6 Å². The summed E-state index contributed by atoms with van der Waals surface area (Å²) in [5.74, 6) is 0. The second-order valence-corrected chi connectivity index (χ2v) is 7.34. The van der Waals surface area contributed by atoms with Gasteiger partial charge in [-0.1, -0.05) is 42.5 Å². The fourth-order valence-electron chi connectivity index (χ4n) is 4.42. The molecule has 2 aromatic rings. The molecule has 4 rings (SSSR count). The van der Waals surface area contributed by atoms with Crippen molar-refractivity contribution < 1.29 is 5.11 Å². The normalized spacial score (nSPS) is 20.6. The Balaban J connectivity index is 1.53. The minimum Gasteiger partial charge on any atom is -0.389 e. The SMILES string of the molecule is CC(O)c1cccc2c1C1(CCN(Cc3ccccc3)CC1)CN2. The molecule has 0 radical (unpaired) electrons. The van der Waals surface area contributed by atoms with Crippen molar-refractivity contribution in [2.75, 3.05) is 25.0 Å². The summed E-state index contributed by atoms with van der Waals surface area (Å²) in [5.41, 5.74) is 5.29. The molecule has 2 aromatic carbocycles. The molecule has 1 saturated heterocycles. The molecule has 2 heterocycles. The smallest absolute Gasteiger partial charge is 0.0765 e. The maximum Gasteiger partial charge on any atom is 0.0765 e. The molecule has 2 N–H and O–H groups in total. The van der Waals surface area contributed by atoms with Crippen molar-refractivity contribution in [1.29, 1.82) is 0 Å². The van der Waals surface area contributed by atoms with E-state index in [-0.39, 0.29) is 5.41 Å². The predicted molar refractivity (Wildman–Crippen MR) is 98.2 cm³/mol. The standard InChI is InChI=1S/C21H26N2O/c1-16(24)18-8-5-9-19-20(18)21(15-22-19)10-12-23(13-11-21)14-17-6-3-2-4-7-17/h2-9,16,22,24H,10-15H2,1H3. The van der Waals surface area contributed by atoms with Crippen LogP contribution in [0.5, 0.6) is 0 Å². The van der Waals surface area contributed by atoms with E-state index in [2.05, 4.69) is 58.7 Å². The minimum atomic E-state index is -0.404. The van der Waals surface area contributed by atoms with E-state index in [0.717, 1.165) is 44.6 Å². The lowest BCUT2D eigenvalue weighted by atomic mass is 9.72. The number of hydrogen-bond donors (Lipinski definition) is 2. The molecule has 1 fully saturated rings.